The highest BCUT2D eigenvalue weighted by molar-refractivity contribution is 5.59. The van der Waals surface area contributed by atoms with E-state index in [1.165, 1.54) is 12.1 Å². The number of hydrogen-bond donors (Lipinski definition) is 3. The number of rotatable bonds is 4. The predicted molar refractivity (Wildman–Crippen MR) is 81.0 cm³/mol. The Kier molecular flexibility index (Phi) is 4.04. The van der Waals surface area contributed by atoms with E-state index in [2.05, 4.69) is 24.1 Å². The molecule has 0 spiro atoms. The van der Waals surface area contributed by atoms with Crippen LogP contribution in [0.5, 0.6) is 0 Å². The molecule has 7 heteroatoms. The summed E-state index contributed by atoms with van der Waals surface area (Å²) in [7, 11) is 0. The first-order chi connectivity index (χ1) is 9.71. The number of aliphatic hydroxyl groups is 1. The molecular weight excluding hydrogens is 272 g/mol. The van der Waals surface area contributed by atoms with E-state index in [1.807, 2.05) is 0 Å². The molecule has 7 nitrogen and oxygen atoms in total. The summed E-state index contributed by atoms with van der Waals surface area (Å²) >= 11 is 0. The van der Waals surface area contributed by atoms with Crippen molar-refractivity contribution in [2.75, 3.05) is 17.6 Å². The van der Waals surface area contributed by atoms with Crippen molar-refractivity contribution in [1.29, 1.82) is 0 Å². The highest BCUT2D eigenvalue weighted by atomic mass is 16.6. The van der Waals surface area contributed by atoms with Gasteiger partial charge in [-0.3, -0.25) is 10.1 Å². The first-order valence-corrected chi connectivity index (χ1v) is 7.08. The van der Waals surface area contributed by atoms with Crippen molar-refractivity contribution in [3.63, 3.8) is 0 Å². The summed E-state index contributed by atoms with van der Waals surface area (Å²) < 4.78 is 0. The van der Waals surface area contributed by atoms with Crippen molar-refractivity contribution in [3.05, 3.63) is 22.2 Å². The van der Waals surface area contributed by atoms with E-state index in [0.29, 0.717) is 12.8 Å². The fraction of sp³-hybridized carbons (Fsp3) is 0.643. The van der Waals surface area contributed by atoms with Crippen LogP contribution in [-0.4, -0.2) is 27.2 Å². The van der Waals surface area contributed by atoms with Gasteiger partial charge >= 0.3 is 5.69 Å². The molecule has 0 aliphatic heterocycles. The number of nitrogen functional groups attached to an aromatic ring is 1. The van der Waals surface area contributed by atoms with Gasteiger partial charge in [-0.05, 0) is 37.2 Å². The summed E-state index contributed by atoms with van der Waals surface area (Å²) in [6.45, 7) is 4.61. The maximum atomic E-state index is 11.0. The van der Waals surface area contributed by atoms with Crippen LogP contribution >= 0.6 is 0 Å². The molecular formula is C14H22N4O3. The van der Waals surface area contributed by atoms with Gasteiger partial charge in [0.15, 0.2) is 0 Å². The predicted octanol–water partition coefficient (Wildman–Crippen LogP) is 2.32. The Hall–Kier alpha value is -1.89. The third-order valence-electron chi connectivity index (χ3n) is 4.21. The summed E-state index contributed by atoms with van der Waals surface area (Å²) in [6, 6.07) is 2.71. The Morgan fingerprint density at radius 3 is 2.57 bits per heavy atom. The van der Waals surface area contributed by atoms with E-state index < -0.39 is 10.5 Å². The van der Waals surface area contributed by atoms with Crippen LogP contribution in [-0.2, 0) is 0 Å². The van der Waals surface area contributed by atoms with Crippen molar-refractivity contribution in [2.24, 2.45) is 5.41 Å². The highest BCUT2D eigenvalue weighted by Gasteiger charge is 2.36. The molecule has 4 N–H and O–H groups in total. The maximum Gasteiger partial charge on any atom is 0.311 e. The fourth-order valence-corrected chi connectivity index (χ4v) is 2.56. The van der Waals surface area contributed by atoms with Crippen LogP contribution in [0.4, 0.5) is 17.3 Å². The molecule has 0 saturated heterocycles. The summed E-state index contributed by atoms with van der Waals surface area (Å²) in [5.74, 6) is 0.318. The molecule has 0 amide bonds. The first-order valence-electron chi connectivity index (χ1n) is 7.08. The second-order valence-electron chi connectivity index (χ2n) is 6.60. The Morgan fingerprint density at radius 2 is 2.00 bits per heavy atom. The van der Waals surface area contributed by atoms with E-state index in [4.69, 9.17) is 5.73 Å². The number of anilines is 2. The van der Waals surface area contributed by atoms with E-state index in [9.17, 15) is 15.2 Å². The normalized spacial score (nSPS) is 20.0. The van der Waals surface area contributed by atoms with Crippen LogP contribution in [0.3, 0.4) is 0 Å². The number of nitro groups is 1. The SMILES string of the molecule is CC1(C)CCC(O)(CNc2nc(N)ccc2[N+](=O)[O-])CC1. The number of hydrogen-bond acceptors (Lipinski definition) is 6. The molecule has 0 bridgehead atoms. The minimum absolute atomic E-state index is 0.109. The van der Waals surface area contributed by atoms with Crippen molar-refractivity contribution >= 4 is 17.3 Å². The minimum atomic E-state index is -0.852. The molecule has 0 aromatic carbocycles. The van der Waals surface area contributed by atoms with E-state index >= 15 is 0 Å². The van der Waals surface area contributed by atoms with Crippen LogP contribution in [0, 0.1) is 15.5 Å². The monoisotopic (exact) mass is 294 g/mol. The number of pyridine rings is 1. The number of nitrogens with one attached hydrogen (secondary N) is 1. The lowest BCUT2D eigenvalue weighted by Gasteiger charge is -2.40. The van der Waals surface area contributed by atoms with E-state index in [0.717, 1.165) is 12.8 Å². The lowest BCUT2D eigenvalue weighted by Crippen LogP contribution is -2.42. The Balaban J connectivity index is 2.06. The summed E-state index contributed by atoms with van der Waals surface area (Å²) in [5, 5.41) is 24.4. The Labute approximate surface area is 123 Å². The third kappa shape index (κ3) is 3.81. The molecule has 1 aliphatic carbocycles. The maximum absolute atomic E-state index is 11.0. The van der Waals surface area contributed by atoms with Gasteiger partial charge in [0, 0.05) is 12.6 Å². The molecule has 1 heterocycles. The molecule has 0 radical (unpaired) electrons. The zero-order chi connectivity index (χ0) is 15.7. The summed E-state index contributed by atoms with van der Waals surface area (Å²) in [4.78, 5) is 14.4. The van der Waals surface area contributed by atoms with Crippen LogP contribution in [0.1, 0.15) is 39.5 Å². The van der Waals surface area contributed by atoms with Gasteiger partial charge in [0.05, 0.1) is 10.5 Å². The molecule has 2 rings (SSSR count). The smallest absolute Gasteiger partial charge is 0.311 e. The molecule has 1 fully saturated rings. The zero-order valence-corrected chi connectivity index (χ0v) is 12.4. The standard InChI is InChI=1S/C14H22N4O3/c1-13(2)5-7-14(19,8-6-13)9-16-12-10(18(20)21)3-4-11(15)17-12/h3-4,19H,5-9H2,1-2H3,(H3,15,16,17). The van der Waals surface area contributed by atoms with Gasteiger partial charge in [0.25, 0.3) is 0 Å². The van der Waals surface area contributed by atoms with Crippen molar-refractivity contribution < 1.29 is 10.0 Å². The first kappa shape index (κ1) is 15.5. The summed E-state index contributed by atoms with van der Waals surface area (Å²) in [5.41, 5.74) is 4.83. The van der Waals surface area contributed by atoms with Crippen molar-refractivity contribution in [1.82, 2.24) is 4.98 Å². The second kappa shape index (κ2) is 5.48. The average Bonchev–Trinajstić information content (AvgIpc) is 2.40. The van der Waals surface area contributed by atoms with Crippen molar-refractivity contribution in [3.8, 4) is 0 Å². The Morgan fingerprint density at radius 1 is 1.38 bits per heavy atom. The Bertz CT molecular complexity index is 535. The zero-order valence-electron chi connectivity index (χ0n) is 12.4. The fourth-order valence-electron chi connectivity index (χ4n) is 2.56. The molecule has 21 heavy (non-hydrogen) atoms. The van der Waals surface area contributed by atoms with Gasteiger partial charge in [0.1, 0.15) is 5.82 Å². The largest absolute Gasteiger partial charge is 0.388 e. The van der Waals surface area contributed by atoms with Gasteiger partial charge in [0.2, 0.25) is 5.82 Å². The van der Waals surface area contributed by atoms with Crippen LogP contribution in [0.2, 0.25) is 0 Å². The molecule has 116 valence electrons. The summed E-state index contributed by atoms with van der Waals surface area (Å²) in [6.07, 6.45) is 3.20. The lowest BCUT2D eigenvalue weighted by molar-refractivity contribution is -0.384. The average molecular weight is 294 g/mol. The molecule has 1 aromatic heterocycles. The van der Waals surface area contributed by atoms with Crippen LogP contribution < -0.4 is 11.1 Å². The quantitative estimate of drug-likeness (QED) is 0.580. The van der Waals surface area contributed by atoms with Crippen LogP contribution in [0.25, 0.3) is 0 Å². The van der Waals surface area contributed by atoms with Gasteiger partial charge < -0.3 is 16.2 Å². The lowest BCUT2D eigenvalue weighted by atomic mass is 9.71. The molecule has 1 saturated carbocycles. The second-order valence-corrected chi connectivity index (χ2v) is 6.60. The number of nitrogens with two attached hydrogens (primary N) is 1. The molecule has 0 unspecified atom stereocenters. The highest BCUT2D eigenvalue weighted by Crippen LogP contribution is 2.40. The van der Waals surface area contributed by atoms with Gasteiger partial charge in [-0.25, -0.2) is 4.98 Å². The van der Waals surface area contributed by atoms with Gasteiger partial charge in [-0.15, -0.1) is 0 Å². The molecule has 1 aliphatic rings. The van der Waals surface area contributed by atoms with Gasteiger partial charge in [-0.2, -0.15) is 0 Å². The van der Waals surface area contributed by atoms with Crippen LogP contribution in [0.15, 0.2) is 12.1 Å². The third-order valence-corrected chi connectivity index (χ3v) is 4.21. The van der Waals surface area contributed by atoms with E-state index in [-0.39, 0.29) is 29.3 Å². The molecule has 0 atom stereocenters. The number of aromatic nitrogens is 1. The topological polar surface area (TPSA) is 114 Å². The van der Waals surface area contributed by atoms with Gasteiger partial charge in [-0.1, -0.05) is 13.8 Å². The minimum Gasteiger partial charge on any atom is -0.388 e. The van der Waals surface area contributed by atoms with E-state index in [1.54, 1.807) is 0 Å². The van der Waals surface area contributed by atoms with Crippen molar-refractivity contribution in [2.45, 2.75) is 45.1 Å². The molecule has 1 aromatic rings. The number of nitrogens with zero attached hydrogens (tertiary/aromatic N) is 2.